The van der Waals surface area contributed by atoms with Crippen molar-refractivity contribution in [3.8, 4) is 0 Å². The first-order valence-electron chi connectivity index (χ1n) is 7.33. The van der Waals surface area contributed by atoms with E-state index in [2.05, 4.69) is 5.43 Å². The third-order valence-corrected chi connectivity index (χ3v) is 3.80. The molecule has 23 heavy (non-hydrogen) atoms. The lowest BCUT2D eigenvalue weighted by atomic mass is 10.0. The molecule has 0 radical (unpaired) electrons. The Balaban J connectivity index is 2.22. The fourth-order valence-electron chi connectivity index (χ4n) is 2.69. The molecule has 5 heteroatoms. The van der Waals surface area contributed by atoms with Gasteiger partial charge in [-0.2, -0.15) is 0 Å². The summed E-state index contributed by atoms with van der Waals surface area (Å²) in [5.41, 5.74) is 10.7. The molecular formula is C18H17N3O2. The summed E-state index contributed by atoms with van der Waals surface area (Å²) in [4.78, 5) is 24.7. The Hall–Kier alpha value is -2.92. The molecule has 1 heterocycles. The minimum Gasteiger partial charge on any atom is -0.322 e. The van der Waals surface area contributed by atoms with Crippen molar-refractivity contribution in [2.24, 2.45) is 5.73 Å². The van der Waals surface area contributed by atoms with Crippen LogP contribution in [-0.2, 0) is 4.79 Å². The summed E-state index contributed by atoms with van der Waals surface area (Å²) in [5, 5.41) is 0.920. The predicted molar refractivity (Wildman–Crippen MR) is 90.0 cm³/mol. The molecule has 0 fully saturated rings. The molecule has 0 aliphatic heterocycles. The van der Waals surface area contributed by atoms with Crippen LogP contribution < -0.4 is 11.2 Å². The van der Waals surface area contributed by atoms with Crippen LogP contribution in [-0.4, -0.2) is 22.9 Å². The summed E-state index contributed by atoms with van der Waals surface area (Å²) < 4.78 is 1.54. The van der Waals surface area contributed by atoms with Crippen molar-refractivity contribution >= 4 is 22.6 Å². The molecule has 5 nitrogen and oxygen atoms in total. The van der Waals surface area contributed by atoms with E-state index in [0.717, 1.165) is 16.5 Å². The van der Waals surface area contributed by atoms with Crippen molar-refractivity contribution in [1.29, 1.82) is 0 Å². The van der Waals surface area contributed by atoms with Gasteiger partial charge in [0.25, 0.3) is 5.91 Å². The number of carbonyl (C=O) groups is 2. The van der Waals surface area contributed by atoms with Crippen molar-refractivity contribution in [3.05, 3.63) is 71.4 Å². The van der Waals surface area contributed by atoms with E-state index in [-0.39, 0.29) is 18.2 Å². The first-order valence-corrected chi connectivity index (χ1v) is 7.33. The molecule has 0 aliphatic carbocycles. The maximum absolute atomic E-state index is 12.9. The fraction of sp³-hybridized carbons (Fsp3) is 0.111. The summed E-state index contributed by atoms with van der Waals surface area (Å²) in [7, 11) is 0. The van der Waals surface area contributed by atoms with E-state index in [9.17, 15) is 9.59 Å². The minimum absolute atomic E-state index is 0.142. The van der Waals surface area contributed by atoms with E-state index in [1.54, 1.807) is 12.1 Å². The Morgan fingerprint density at radius 2 is 1.70 bits per heavy atom. The molecule has 0 saturated heterocycles. The molecule has 0 unspecified atom stereocenters. The van der Waals surface area contributed by atoms with Gasteiger partial charge >= 0.3 is 0 Å². The van der Waals surface area contributed by atoms with E-state index < -0.39 is 0 Å². The van der Waals surface area contributed by atoms with Crippen LogP contribution in [0.15, 0.2) is 54.6 Å². The van der Waals surface area contributed by atoms with E-state index in [4.69, 9.17) is 5.73 Å². The van der Waals surface area contributed by atoms with Gasteiger partial charge in [0.1, 0.15) is 5.69 Å². The van der Waals surface area contributed by atoms with Crippen LogP contribution in [0.25, 0.3) is 10.9 Å². The van der Waals surface area contributed by atoms with Gasteiger partial charge in [-0.25, -0.2) is 4.68 Å². The summed E-state index contributed by atoms with van der Waals surface area (Å²) in [5.74, 6) is -0.496. The van der Waals surface area contributed by atoms with E-state index in [1.807, 2.05) is 49.4 Å². The lowest BCUT2D eigenvalue weighted by Crippen LogP contribution is -2.31. The van der Waals surface area contributed by atoms with Gasteiger partial charge in [0.2, 0.25) is 5.78 Å². The molecule has 0 atom stereocenters. The number of fused-ring (bicyclic) bond motifs is 1. The van der Waals surface area contributed by atoms with E-state index >= 15 is 0 Å². The van der Waals surface area contributed by atoms with Gasteiger partial charge in [0, 0.05) is 10.9 Å². The summed E-state index contributed by atoms with van der Waals surface area (Å²) in [6.45, 7) is 1.73. The number of hydrogen-bond acceptors (Lipinski definition) is 3. The summed E-state index contributed by atoms with van der Waals surface area (Å²) in [6, 6.07) is 16.6. The SMILES string of the molecule is Cc1c(C(=O)c2ccccc2)n(NC(=O)CN)c2ccccc12. The van der Waals surface area contributed by atoms with Crippen LogP contribution in [0.5, 0.6) is 0 Å². The maximum Gasteiger partial charge on any atom is 0.252 e. The molecular weight excluding hydrogens is 290 g/mol. The normalized spacial score (nSPS) is 10.7. The van der Waals surface area contributed by atoms with Crippen LogP contribution in [0.1, 0.15) is 21.6 Å². The Bertz CT molecular complexity index is 882. The minimum atomic E-state index is -0.354. The van der Waals surface area contributed by atoms with Crippen molar-refractivity contribution < 1.29 is 9.59 Å². The highest BCUT2D eigenvalue weighted by atomic mass is 16.2. The third-order valence-electron chi connectivity index (χ3n) is 3.80. The van der Waals surface area contributed by atoms with Gasteiger partial charge in [0.15, 0.2) is 0 Å². The summed E-state index contributed by atoms with van der Waals surface area (Å²) >= 11 is 0. The Morgan fingerprint density at radius 3 is 2.39 bits per heavy atom. The molecule has 3 rings (SSSR count). The van der Waals surface area contributed by atoms with E-state index in [0.29, 0.717) is 11.3 Å². The van der Waals surface area contributed by atoms with Crippen molar-refractivity contribution in [3.63, 3.8) is 0 Å². The average Bonchev–Trinajstić information content (AvgIpc) is 2.87. The monoisotopic (exact) mass is 307 g/mol. The number of amides is 1. The van der Waals surface area contributed by atoms with Gasteiger partial charge in [-0.05, 0) is 18.6 Å². The molecule has 3 aromatic rings. The van der Waals surface area contributed by atoms with E-state index in [1.165, 1.54) is 4.68 Å². The van der Waals surface area contributed by atoms with Crippen LogP contribution in [0.4, 0.5) is 0 Å². The first-order chi connectivity index (χ1) is 11.1. The molecule has 0 bridgehead atoms. The number of para-hydroxylation sites is 1. The molecule has 0 spiro atoms. The average molecular weight is 307 g/mol. The molecule has 3 N–H and O–H groups in total. The van der Waals surface area contributed by atoms with Crippen molar-refractivity contribution in [1.82, 2.24) is 4.68 Å². The summed E-state index contributed by atoms with van der Waals surface area (Å²) in [6.07, 6.45) is 0. The molecule has 0 saturated carbocycles. The number of nitrogens with one attached hydrogen (secondary N) is 1. The molecule has 0 aliphatic rings. The highest BCUT2D eigenvalue weighted by Gasteiger charge is 2.22. The number of nitrogens with two attached hydrogens (primary N) is 1. The number of aromatic nitrogens is 1. The van der Waals surface area contributed by atoms with Crippen LogP contribution in [0.3, 0.4) is 0 Å². The Morgan fingerprint density at radius 1 is 1.04 bits per heavy atom. The number of rotatable bonds is 4. The van der Waals surface area contributed by atoms with Gasteiger partial charge in [-0.15, -0.1) is 0 Å². The zero-order valence-corrected chi connectivity index (χ0v) is 12.7. The second kappa shape index (κ2) is 6.06. The highest BCUT2D eigenvalue weighted by Crippen LogP contribution is 2.26. The van der Waals surface area contributed by atoms with Crippen molar-refractivity contribution in [2.75, 3.05) is 12.0 Å². The highest BCUT2D eigenvalue weighted by molar-refractivity contribution is 6.12. The molecule has 1 aromatic heterocycles. The first kappa shape index (κ1) is 15.0. The topological polar surface area (TPSA) is 77.1 Å². The standard InChI is InChI=1S/C18H17N3O2/c1-12-14-9-5-6-10-15(14)21(20-16(22)11-19)17(12)18(23)13-7-3-2-4-8-13/h2-10H,11,19H2,1H3,(H,20,22). The molecule has 1 amide bonds. The quantitative estimate of drug-likeness (QED) is 0.725. The maximum atomic E-state index is 12.9. The van der Waals surface area contributed by atoms with Gasteiger partial charge < -0.3 is 5.73 Å². The molecule has 2 aromatic carbocycles. The van der Waals surface area contributed by atoms with Gasteiger partial charge in [-0.3, -0.25) is 15.0 Å². The van der Waals surface area contributed by atoms with Crippen LogP contribution >= 0.6 is 0 Å². The Labute approximate surface area is 133 Å². The van der Waals surface area contributed by atoms with Crippen molar-refractivity contribution in [2.45, 2.75) is 6.92 Å². The third kappa shape index (κ3) is 2.62. The number of nitrogens with zero attached hydrogens (tertiary/aromatic N) is 1. The Kier molecular flexibility index (Phi) is 3.95. The largest absolute Gasteiger partial charge is 0.322 e. The van der Waals surface area contributed by atoms with Gasteiger partial charge in [-0.1, -0.05) is 48.5 Å². The zero-order chi connectivity index (χ0) is 16.4. The predicted octanol–water partition coefficient (Wildman–Crippen LogP) is 2.21. The lowest BCUT2D eigenvalue weighted by Gasteiger charge is -2.11. The fourth-order valence-corrected chi connectivity index (χ4v) is 2.69. The number of hydrogen-bond donors (Lipinski definition) is 2. The van der Waals surface area contributed by atoms with Crippen LogP contribution in [0.2, 0.25) is 0 Å². The van der Waals surface area contributed by atoms with Gasteiger partial charge in [0.05, 0.1) is 12.1 Å². The smallest absolute Gasteiger partial charge is 0.252 e. The lowest BCUT2D eigenvalue weighted by molar-refractivity contribution is -0.115. The zero-order valence-electron chi connectivity index (χ0n) is 12.7. The number of ketones is 1. The number of benzene rings is 2. The molecule has 116 valence electrons. The number of carbonyl (C=O) groups excluding carboxylic acids is 2. The second-order valence-corrected chi connectivity index (χ2v) is 5.26. The second-order valence-electron chi connectivity index (χ2n) is 5.26. The number of aryl methyl sites for hydroxylation is 1. The van der Waals surface area contributed by atoms with Crippen LogP contribution in [0, 0.1) is 6.92 Å².